The Morgan fingerprint density at radius 1 is 1.35 bits per heavy atom. The molecular weight excluding hydrogens is 214 g/mol. The van der Waals surface area contributed by atoms with Gasteiger partial charge in [-0.25, -0.2) is 0 Å². The number of aryl methyl sites for hydroxylation is 2. The summed E-state index contributed by atoms with van der Waals surface area (Å²) in [5.41, 5.74) is 3.73. The van der Waals surface area contributed by atoms with Crippen LogP contribution < -0.4 is 0 Å². The maximum Gasteiger partial charge on any atom is 0.178 e. The summed E-state index contributed by atoms with van der Waals surface area (Å²) in [5, 5.41) is 15.3. The first kappa shape index (κ1) is 10.0. The Hall–Kier alpha value is -2.17. The maximum absolute atomic E-state index is 3.99. The second-order valence-electron chi connectivity index (χ2n) is 4.29. The van der Waals surface area contributed by atoms with Gasteiger partial charge in [0.05, 0.1) is 0 Å². The Balaban J connectivity index is 2.11. The molecule has 0 aliphatic rings. The van der Waals surface area contributed by atoms with Gasteiger partial charge in [0.1, 0.15) is 0 Å². The summed E-state index contributed by atoms with van der Waals surface area (Å²) in [6.07, 6.45) is 2.83. The molecule has 17 heavy (non-hydrogen) atoms. The van der Waals surface area contributed by atoms with Crippen LogP contribution in [-0.4, -0.2) is 25.2 Å². The van der Waals surface area contributed by atoms with E-state index in [0.717, 1.165) is 5.82 Å². The molecule has 0 saturated heterocycles. The number of hydrogen-bond donors (Lipinski definition) is 1. The van der Waals surface area contributed by atoms with Crippen molar-refractivity contribution >= 4 is 10.9 Å². The van der Waals surface area contributed by atoms with Crippen molar-refractivity contribution in [1.29, 1.82) is 0 Å². The minimum Gasteiger partial charge on any atom is -0.350 e. The van der Waals surface area contributed by atoms with Gasteiger partial charge in [0, 0.05) is 30.6 Å². The third-order valence-electron chi connectivity index (χ3n) is 2.97. The number of aromatic amines is 1. The lowest BCUT2D eigenvalue weighted by atomic mass is 10.1. The maximum atomic E-state index is 3.99. The topological polar surface area (TPSA) is 59.4 Å². The van der Waals surface area contributed by atoms with Gasteiger partial charge in [-0.3, -0.25) is 0 Å². The normalized spacial score (nSPS) is 11.2. The lowest BCUT2D eigenvalue weighted by molar-refractivity contribution is 0.881. The van der Waals surface area contributed by atoms with Gasteiger partial charge in [0.25, 0.3) is 0 Å². The monoisotopic (exact) mass is 227 g/mol. The van der Waals surface area contributed by atoms with Gasteiger partial charge in [-0.2, -0.15) is 5.21 Å². The summed E-state index contributed by atoms with van der Waals surface area (Å²) in [6.45, 7) is 2.10. The molecule has 0 atom stereocenters. The average molecular weight is 227 g/mol. The van der Waals surface area contributed by atoms with Crippen LogP contribution in [0, 0.1) is 6.92 Å². The lowest BCUT2D eigenvalue weighted by Crippen LogP contribution is -1.90. The van der Waals surface area contributed by atoms with Crippen molar-refractivity contribution in [2.75, 3.05) is 0 Å². The molecule has 3 rings (SSSR count). The predicted octanol–water partition coefficient (Wildman–Crippen LogP) is 1.59. The molecule has 0 unspecified atom stereocenters. The Morgan fingerprint density at radius 2 is 2.24 bits per heavy atom. The second kappa shape index (κ2) is 3.69. The number of nitrogens with one attached hydrogen (secondary N) is 1. The summed E-state index contributed by atoms with van der Waals surface area (Å²) in [5.74, 6) is 0.720. The van der Waals surface area contributed by atoms with Gasteiger partial charge >= 0.3 is 0 Å². The molecule has 0 amide bonds. The van der Waals surface area contributed by atoms with Gasteiger partial charge in [-0.15, -0.1) is 10.2 Å². The molecule has 0 bridgehead atoms. The molecule has 5 heteroatoms. The Bertz CT molecular complexity index is 651. The molecule has 0 saturated carbocycles. The van der Waals surface area contributed by atoms with Crippen LogP contribution in [0.15, 0.2) is 24.4 Å². The van der Waals surface area contributed by atoms with E-state index < -0.39 is 0 Å². The number of rotatable bonds is 2. The van der Waals surface area contributed by atoms with E-state index in [1.807, 2.05) is 0 Å². The highest BCUT2D eigenvalue weighted by Gasteiger charge is 2.09. The number of aromatic nitrogens is 5. The van der Waals surface area contributed by atoms with E-state index in [0.29, 0.717) is 6.42 Å². The number of tetrazole rings is 1. The van der Waals surface area contributed by atoms with E-state index in [1.165, 1.54) is 22.0 Å². The van der Waals surface area contributed by atoms with Gasteiger partial charge in [0.2, 0.25) is 0 Å². The van der Waals surface area contributed by atoms with Crippen molar-refractivity contribution in [2.45, 2.75) is 13.3 Å². The summed E-state index contributed by atoms with van der Waals surface area (Å²) < 4.78 is 2.14. The quantitative estimate of drug-likeness (QED) is 0.723. The first-order valence-electron chi connectivity index (χ1n) is 5.51. The number of H-pyrrole nitrogens is 1. The van der Waals surface area contributed by atoms with Crippen LogP contribution in [0.5, 0.6) is 0 Å². The molecule has 5 nitrogen and oxygen atoms in total. The van der Waals surface area contributed by atoms with Crippen LogP contribution in [0.4, 0.5) is 0 Å². The summed E-state index contributed by atoms with van der Waals surface area (Å²) >= 11 is 0. The van der Waals surface area contributed by atoms with E-state index in [4.69, 9.17) is 0 Å². The van der Waals surface area contributed by atoms with Crippen LogP contribution in [-0.2, 0) is 13.5 Å². The number of fused-ring (bicyclic) bond motifs is 1. The molecule has 2 aromatic heterocycles. The van der Waals surface area contributed by atoms with E-state index in [9.17, 15) is 0 Å². The van der Waals surface area contributed by atoms with E-state index in [2.05, 4.69) is 63.6 Å². The van der Waals surface area contributed by atoms with Crippen LogP contribution >= 0.6 is 0 Å². The molecule has 1 aromatic carbocycles. The van der Waals surface area contributed by atoms with Crippen molar-refractivity contribution in [3.8, 4) is 0 Å². The van der Waals surface area contributed by atoms with Crippen LogP contribution in [0.3, 0.4) is 0 Å². The Morgan fingerprint density at radius 3 is 3.00 bits per heavy atom. The first-order chi connectivity index (χ1) is 8.24. The van der Waals surface area contributed by atoms with Crippen molar-refractivity contribution < 1.29 is 0 Å². The number of benzene rings is 1. The van der Waals surface area contributed by atoms with Crippen LogP contribution in [0.2, 0.25) is 0 Å². The molecule has 86 valence electrons. The van der Waals surface area contributed by atoms with Crippen molar-refractivity contribution in [1.82, 2.24) is 25.2 Å². The molecule has 2 heterocycles. The highest BCUT2D eigenvalue weighted by molar-refractivity contribution is 5.84. The van der Waals surface area contributed by atoms with Gasteiger partial charge in [-0.1, -0.05) is 17.3 Å². The largest absolute Gasteiger partial charge is 0.350 e. The molecule has 0 fully saturated rings. The highest BCUT2D eigenvalue weighted by atomic mass is 15.5. The van der Waals surface area contributed by atoms with E-state index >= 15 is 0 Å². The highest BCUT2D eigenvalue weighted by Crippen LogP contribution is 2.23. The fourth-order valence-corrected chi connectivity index (χ4v) is 2.15. The van der Waals surface area contributed by atoms with Gasteiger partial charge in [0.15, 0.2) is 5.82 Å². The first-order valence-corrected chi connectivity index (χ1v) is 5.51. The van der Waals surface area contributed by atoms with E-state index in [-0.39, 0.29) is 0 Å². The molecule has 0 aliphatic heterocycles. The fraction of sp³-hybridized carbons (Fsp3) is 0.250. The molecule has 1 N–H and O–H groups in total. The lowest BCUT2D eigenvalue weighted by Gasteiger charge is -1.97. The van der Waals surface area contributed by atoms with Gasteiger partial charge < -0.3 is 4.57 Å². The van der Waals surface area contributed by atoms with Crippen molar-refractivity contribution in [2.24, 2.45) is 7.05 Å². The molecular formula is C12H13N5. The predicted molar refractivity (Wildman–Crippen MR) is 64.6 cm³/mol. The smallest absolute Gasteiger partial charge is 0.178 e. The van der Waals surface area contributed by atoms with E-state index in [1.54, 1.807) is 0 Å². The van der Waals surface area contributed by atoms with Gasteiger partial charge in [-0.05, 0) is 24.1 Å². The molecule has 0 radical (unpaired) electrons. The molecule has 3 aromatic rings. The van der Waals surface area contributed by atoms with Crippen molar-refractivity contribution in [3.63, 3.8) is 0 Å². The average Bonchev–Trinajstić information content (AvgIpc) is 2.89. The second-order valence-corrected chi connectivity index (χ2v) is 4.29. The zero-order valence-corrected chi connectivity index (χ0v) is 9.81. The summed E-state index contributed by atoms with van der Waals surface area (Å²) in [6, 6.07) is 6.47. The Labute approximate surface area is 98.5 Å². The minimum absolute atomic E-state index is 0.705. The summed E-state index contributed by atoms with van der Waals surface area (Å²) in [7, 11) is 2.06. The fourth-order valence-electron chi connectivity index (χ4n) is 2.15. The van der Waals surface area contributed by atoms with Crippen LogP contribution in [0.1, 0.15) is 17.0 Å². The minimum atomic E-state index is 0.705. The number of nitrogens with zero attached hydrogens (tertiary/aromatic N) is 4. The SMILES string of the molecule is Cc1ccc2c(Cc3nn[nH]n3)cn(C)c2c1. The zero-order valence-electron chi connectivity index (χ0n) is 9.81. The zero-order chi connectivity index (χ0) is 11.8. The summed E-state index contributed by atoms with van der Waals surface area (Å²) in [4.78, 5) is 0. The standard InChI is InChI=1S/C12H13N5/c1-8-3-4-10-9(6-12-13-15-16-14-12)7-17(2)11(10)5-8/h3-5,7H,6H2,1-2H3,(H,13,14,15,16). The third-order valence-corrected chi connectivity index (χ3v) is 2.97. The van der Waals surface area contributed by atoms with Crippen LogP contribution in [0.25, 0.3) is 10.9 Å². The number of hydrogen-bond acceptors (Lipinski definition) is 3. The third kappa shape index (κ3) is 1.69. The molecule has 0 aliphatic carbocycles. The Kier molecular flexibility index (Phi) is 2.18. The van der Waals surface area contributed by atoms with Crippen molar-refractivity contribution in [3.05, 3.63) is 41.3 Å². The molecule has 0 spiro atoms.